The third-order valence-corrected chi connectivity index (χ3v) is 16.9. The molecule has 0 spiro atoms. The van der Waals surface area contributed by atoms with Gasteiger partial charge in [-0.05, 0) is 255 Å². The molecule has 792 valence electrons. The van der Waals surface area contributed by atoms with Crippen LogP contribution in [0, 0.1) is 25.2 Å². The van der Waals surface area contributed by atoms with E-state index >= 15 is 0 Å². The number of anilines is 1. The Labute approximate surface area is 844 Å². The highest BCUT2D eigenvalue weighted by atomic mass is 35.5. The summed E-state index contributed by atoms with van der Waals surface area (Å²) in [4.78, 5) is 21.5. The van der Waals surface area contributed by atoms with Crippen molar-refractivity contribution in [1.29, 1.82) is 0 Å². The van der Waals surface area contributed by atoms with Crippen LogP contribution in [0.4, 0.5) is 5.69 Å². The molecule has 8 rings (SSSR count). The maximum Gasteiger partial charge on any atom is 0.297 e. The number of allylic oxidation sites excluding steroid dienone is 3. The van der Waals surface area contributed by atoms with Crippen LogP contribution in [-0.4, -0.2) is 222 Å². The molecule has 0 atom stereocenters. The second-order valence-electron chi connectivity index (χ2n) is 35.7. The first-order valence-corrected chi connectivity index (χ1v) is 51.1. The third-order valence-electron chi connectivity index (χ3n) is 14.7. The standard InChI is InChI=1S/C13H20N2.C12H15N3O.C11H13N3.C10H14O3S.C9H16N2.C6H15N.C6H12O.C6H10O.C5H10O.C5H10.C4H10O3S.C4H10O.C3H7Cl.C3H7N3.C3H7NO.C3H8O.C3H6O/c1-12(2)14-8-10-15(11-9-14)13-6-4-3-5-7-13;1-10(2)16-9-11-8-15(14-13-11)12-6-4-3-5-7-12;1-9(2)14-8-11(12-13-14)10-6-4-3-5-7-10;1-8(2)13-14(11,12)10-6-4-9(3)5-7-10;1-8(2)10-7-5-9-4-3-6-11-9;1-4-5-7-6(2)3;1-5(2)7-6(3)4;1-4-5-7-6(2)3;1-4-5(2,3)6;1-4-5(2)3;1-4(2)7-8(3,5)6;1-4(2)5-3;1-3(2)4;1-3(2)5-6-4;1-3(2)4-5;2*1-3(2)4/h3-7,12H,8-11H2,1-2H3;3-8,10H,9H2,1-2H3;3-9H,1-2H3;4-8H,1-3H3;4,6,8,10H,3,5,7H2,1-2H3;6-7H,4-5H2,1-3H3;6H,1H2,2-4H3;1,6H,5H2,2-3H3;4,6H,1H2,2-3H3;4-5H,1H2,2-3H3;4H,1-3H3;4H,1-3H3;3H,1-2H3;3H,1-2H3;5H,1-2H3;3-4H,1-2H3;1-2H3. The smallest absolute Gasteiger partial charge is 0.297 e. The number of hydrogen-bond donors (Lipinski definition) is 5. The van der Waals surface area contributed by atoms with Gasteiger partial charge in [0.2, 0.25) is 0 Å². The molecule has 2 aliphatic heterocycles. The Kier molecular flexibility index (Phi) is 99.2. The van der Waals surface area contributed by atoms with Crippen LogP contribution in [0.1, 0.15) is 286 Å². The van der Waals surface area contributed by atoms with Crippen molar-refractivity contribution in [1.82, 2.24) is 45.5 Å². The number of terminal acetylenes is 1. The highest BCUT2D eigenvalue weighted by Gasteiger charge is 2.19. The van der Waals surface area contributed by atoms with Crippen LogP contribution in [0.5, 0.6) is 0 Å². The van der Waals surface area contributed by atoms with E-state index in [1.807, 2.05) is 187 Å². The minimum absolute atomic E-state index is 0.106. The molecule has 29 nitrogen and oxygen atoms in total. The van der Waals surface area contributed by atoms with Gasteiger partial charge in [-0.25, -0.2) is 9.36 Å². The summed E-state index contributed by atoms with van der Waals surface area (Å²) in [7, 11) is -5.10. The fourth-order valence-electron chi connectivity index (χ4n) is 8.31. The van der Waals surface area contributed by atoms with Crippen molar-refractivity contribution < 1.29 is 64.4 Å². The van der Waals surface area contributed by atoms with E-state index in [9.17, 15) is 21.6 Å². The van der Waals surface area contributed by atoms with E-state index in [0.29, 0.717) is 60.5 Å². The van der Waals surface area contributed by atoms with E-state index in [2.05, 4.69) is 204 Å². The molecule has 32 heteroatoms. The van der Waals surface area contributed by atoms with Gasteiger partial charge in [0.05, 0.1) is 89.5 Å². The quantitative estimate of drug-likeness (QED) is 0.00260. The number of ketones is 1. The SMILES string of the molecule is C#CCOC(C)C.C=C(C)OC(C)C.C=CC(C)(C)O.C=CC(C)C.CC(C)=NO.CC(C)=O.CC(C)Cl.CC(C)N1CCN(c2ccccc2)CC1.CC(C)N=[N+]=[N-].CC(C)NCCC1=CCC=N1.CC(C)O.CC(C)OCc1cn(-c2ccccc2)nn1.CC(C)OS(C)(=O)=O.CC(C)n1cc(-c2ccccc2)nn1.CCCNC(C)C.COC(C)C.Cc1ccc(S(=O)(=O)OC(C)C)cc1. The number of carbonyl (C=O) groups excluding carboxylic acids is 1. The van der Waals surface area contributed by atoms with E-state index in [0.717, 1.165) is 79.2 Å². The summed E-state index contributed by atoms with van der Waals surface area (Å²) in [5.41, 5.74) is 15.2. The fourth-order valence-corrected chi connectivity index (χ4v) is 10.1. The molecule has 0 saturated carbocycles. The molecule has 0 radical (unpaired) electrons. The van der Waals surface area contributed by atoms with Crippen LogP contribution in [0.15, 0.2) is 197 Å². The largest absolute Gasteiger partial charge is 0.496 e. The monoisotopic (exact) mass is 2000 g/mol. The summed E-state index contributed by atoms with van der Waals surface area (Å²) >= 11 is 5.27. The number of aliphatic hydroxyl groups excluding tert-OH is 1. The van der Waals surface area contributed by atoms with Crippen LogP contribution in [0.2, 0.25) is 0 Å². The maximum absolute atomic E-state index is 11.5. The van der Waals surface area contributed by atoms with Gasteiger partial charge in [0.15, 0.2) is 0 Å². The number of ether oxygens (including phenoxy) is 4. The van der Waals surface area contributed by atoms with Crippen molar-refractivity contribution in [2.45, 2.75) is 371 Å². The minimum atomic E-state index is -3.58. The van der Waals surface area contributed by atoms with E-state index in [1.165, 1.54) is 50.8 Å². The summed E-state index contributed by atoms with van der Waals surface area (Å²) < 4.78 is 76.6. The molecule has 6 aromatic rings. The number of alkyl halides is 1. The molecule has 4 heterocycles. The van der Waals surface area contributed by atoms with Gasteiger partial charge in [0, 0.05) is 122 Å². The Balaban J connectivity index is -0.000000187. The lowest BCUT2D eigenvalue weighted by Crippen LogP contribution is -2.48. The zero-order valence-electron chi connectivity index (χ0n) is 92.3. The average Bonchev–Trinajstić information content (AvgIpc) is 1.83. The first-order valence-electron chi connectivity index (χ1n) is 47.5. The summed E-state index contributed by atoms with van der Waals surface area (Å²) in [6, 6.07) is 39.7. The number of Topliss-reactive ketones (excluding diaryl/α,β-unsaturated/α-hetero) is 1. The number of aryl methyl sites for hydroxylation is 1. The number of carbonyl (C=O) groups is 1. The molecular weight excluding hydrogens is 1810 g/mol. The van der Waals surface area contributed by atoms with Crippen molar-refractivity contribution in [3.05, 3.63) is 199 Å². The number of rotatable bonds is 28. The van der Waals surface area contributed by atoms with Gasteiger partial charge >= 0.3 is 0 Å². The molecule has 0 unspecified atom stereocenters. The number of oxime groups is 1. The van der Waals surface area contributed by atoms with Gasteiger partial charge in [0.25, 0.3) is 20.2 Å². The normalized spacial score (nSPS) is 11.5. The Morgan fingerprint density at radius 3 is 1.36 bits per heavy atom. The molecule has 2 aromatic heterocycles. The number of nitrogens with zero attached hydrogens (tertiary/aromatic N) is 13. The number of benzene rings is 4. The number of hydrogen-bond acceptors (Lipinski definition) is 25. The minimum Gasteiger partial charge on any atom is -0.496 e. The van der Waals surface area contributed by atoms with Crippen molar-refractivity contribution in [3.8, 4) is 29.3 Å². The zero-order chi connectivity index (χ0) is 109. The first-order chi connectivity index (χ1) is 63.9. The number of piperazine rings is 1. The zero-order valence-corrected chi connectivity index (χ0v) is 94.7. The van der Waals surface area contributed by atoms with Crippen molar-refractivity contribution >= 4 is 55.2 Å². The van der Waals surface area contributed by atoms with E-state index in [4.69, 9.17) is 62.1 Å². The Morgan fingerprint density at radius 2 is 1.08 bits per heavy atom. The van der Waals surface area contributed by atoms with Gasteiger partial charge < -0.3 is 54.7 Å². The van der Waals surface area contributed by atoms with Crippen molar-refractivity contribution in [2.75, 3.05) is 64.1 Å². The maximum atomic E-state index is 11.5. The molecule has 2 aliphatic rings. The first kappa shape index (κ1) is 147. The molecule has 0 bridgehead atoms. The van der Waals surface area contributed by atoms with Gasteiger partial charge in [-0.1, -0.05) is 198 Å². The Morgan fingerprint density at radius 1 is 0.652 bits per heavy atom. The third kappa shape index (κ3) is 118. The van der Waals surface area contributed by atoms with Crippen molar-refractivity contribution in [2.24, 2.45) is 21.2 Å². The van der Waals surface area contributed by atoms with Crippen LogP contribution < -0.4 is 15.5 Å². The second-order valence-corrected chi connectivity index (χ2v) is 39.8. The molecule has 0 aliphatic carbocycles. The molecule has 138 heavy (non-hydrogen) atoms. The highest BCUT2D eigenvalue weighted by molar-refractivity contribution is 7.86. The summed E-state index contributed by atoms with van der Waals surface area (Å²) in [5, 5.41) is 53.8. The summed E-state index contributed by atoms with van der Waals surface area (Å²) in [5.74, 6) is 3.98. The summed E-state index contributed by atoms with van der Waals surface area (Å²) in [6.45, 7) is 89.2. The number of aromatic nitrogens is 6. The van der Waals surface area contributed by atoms with E-state index in [-0.39, 0.29) is 53.3 Å². The number of aliphatic hydroxyl groups is 2. The van der Waals surface area contributed by atoms with Crippen LogP contribution in [0.3, 0.4) is 0 Å². The van der Waals surface area contributed by atoms with Gasteiger partial charge in [-0.3, -0.25) is 18.3 Å². The lowest BCUT2D eigenvalue weighted by molar-refractivity contribution is -0.115. The lowest BCUT2D eigenvalue weighted by atomic mass is 10.1. The highest BCUT2D eigenvalue weighted by Crippen LogP contribution is 2.19. The molecular formula is C106H190ClN15O14S2. The predicted molar refractivity (Wildman–Crippen MR) is 585 cm³/mol. The van der Waals surface area contributed by atoms with E-state index in [1.54, 1.807) is 105 Å². The predicted octanol–water partition coefficient (Wildman–Crippen LogP) is 24.5. The Hall–Kier alpha value is -8.81. The van der Waals surface area contributed by atoms with E-state index < -0.39 is 25.8 Å². The number of azide groups is 1. The second kappa shape index (κ2) is 93.2. The summed E-state index contributed by atoms with van der Waals surface area (Å²) in [6.07, 6.45) is 21.1. The Bertz CT molecular complexity index is 4250. The molecule has 0 amide bonds. The van der Waals surface area contributed by atoms with Crippen LogP contribution >= 0.6 is 11.6 Å². The van der Waals surface area contributed by atoms with Crippen LogP contribution in [-0.2, 0) is 59.0 Å². The fraction of sp³-hybridized carbons (Fsp3) is 0.613. The van der Waals surface area contributed by atoms with Gasteiger partial charge in [-0.2, -0.15) is 16.8 Å². The number of para-hydroxylation sites is 2. The number of aliphatic imine (C=N–C) groups is 1. The van der Waals surface area contributed by atoms with Crippen LogP contribution in [0.25, 0.3) is 27.4 Å². The molecule has 1 saturated heterocycles. The molecule has 1 fully saturated rings. The number of nitrogens with one attached hydrogen (secondary N) is 2. The molecule has 4 aromatic carbocycles. The topological polar surface area (TPSA) is 367 Å². The number of methoxy groups -OCH3 is 1. The lowest BCUT2D eigenvalue weighted by Gasteiger charge is -2.38. The average molecular weight is 2000 g/mol. The molecule has 5 N–H and O–H groups in total. The van der Waals surface area contributed by atoms with Crippen molar-refractivity contribution in [3.63, 3.8) is 0 Å². The van der Waals surface area contributed by atoms with Gasteiger partial charge in [-0.15, -0.1) is 41.4 Å². The van der Waals surface area contributed by atoms with Gasteiger partial charge in [0.1, 0.15) is 23.8 Å². The number of halogens is 1.